The molecule has 0 aromatic carbocycles. The third kappa shape index (κ3) is 3.24. The summed E-state index contributed by atoms with van der Waals surface area (Å²) in [6.07, 6.45) is 7.06. The molecule has 0 radical (unpaired) electrons. The van der Waals surface area contributed by atoms with E-state index in [1.54, 1.807) is 6.26 Å². The summed E-state index contributed by atoms with van der Waals surface area (Å²) in [5, 5.41) is 10.6. The van der Waals surface area contributed by atoms with Crippen molar-refractivity contribution >= 4 is 5.91 Å². The average molecular weight is 328 g/mol. The van der Waals surface area contributed by atoms with Crippen LogP contribution in [0.4, 0.5) is 0 Å². The van der Waals surface area contributed by atoms with Gasteiger partial charge in [0.05, 0.1) is 31.0 Å². The maximum absolute atomic E-state index is 12.5. The highest BCUT2D eigenvalue weighted by molar-refractivity contribution is 5.79. The van der Waals surface area contributed by atoms with Crippen molar-refractivity contribution in [1.29, 1.82) is 0 Å². The number of likely N-dealkylation sites (tertiary alicyclic amines) is 1. The molecule has 2 aromatic rings. The van der Waals surface area contributed by atoms with E-state index < -0.39 is 0 Å². The van der Waals surface area contributed by atoms with Gasteiger partial charge in [0.2, 0.25) is 5.91 Å². The lowest BCUT2D eigenvalue weighted by molar-refractivity contribution is -0.127. The van der Waals surface area contributed by atoms with Crippen molar-refractivity contribution in [3.05, 3.63) is 41.1 Å². The number of carbonyl (C=O) groups excluding carboxylic acids is 1. The Morgan fingerprint density at radius 2 is 2.38 bits per heavy atom. The van der Waals surface area contributed by atoms with Crippen molar-refractivity contribution in [2.45, 2.75) is 45.2 Å². The third-order valence-corrected chi connectivity index (χ3v) is 5.16. The maximum Gasteiger partial charge on any atom is 0.224 e. The van der Waals surface area contributed by atoms with Gasteiger partial charge in [-0.2, -0.15) is 5.10 Å². The summed E-state index contributed by atoms with van der Waals surface area (Å²) in [7, 11) is 0. The van der Waals surface area contributed by atoms with Crippen molar-refractivity contribution in [3.63, 3.8) is 0 Å². The van der Waals surface area contributed by atoms with E-state index in [-0.39, 0.29) is 11.8 Å². The zero-order valence-electron chi connectivity index (χ0n) is 13.9. The first-order valence-corrected chi connectivity index (χ1v) is 8.87. The fourth-order valence-electron chi connectivity index (χ4n) is 3.89. The molecule has 4 rings (SSSR count). The quantitative estimate of drug-likeness (QED) is 0.880. The van der Waals surface area contributed by atoms with Crippen molar-refractivity contribution in [2.75, 3.05) is 13.1 Å². The van der Waals surface area contributed by atoms with Gasteiger partial charge < -0.3 is 9.73 Å². The van der Waals surface area contributed by atoms with Crippen LogP contribution in [0.1, 0.15) is 42.0 Å². The van der Waals surface area contributed by atoms with E-state index in [9.17, 15) is 4.79 Å². The van der Waals surface area contributed by atoms with E-state index in [0.717, 1.165) is 56.8 Å². The summed E-state index contributed by atoms with van der Waals surface area (Å²) in [6.45, 7) is 3.14. The lowest BCUT2D eigenvalue weighted by Crippen LogP contribution is -2.42. The number of carbonyl (C=O) groups is 1. The molecule has 1 aliphatic carbocycles. The molecule has 2 N–H and O–H groups in total. The molecule has 1 saturated heterocycles. The van der Waals surface area contributed by atoms with Crippen LogP contribution in [-0.2, 0) is 30.7 Å². The number of H-pyrrole nitrogens is 1. The highest BCUT2D eigenvalue weighted by Crippen LogP contribution is 2.23. The van der Waals surface area contributed by atoms with Crippen LogP contribution < -0.4 is 5.32 Å². The number of nitrogens with zero attached hydrogens (tertiary/aromatic N) is 2. The number of amides is 1. The van der Waals surface area contributed by atoms with Gasteiger partial charge in [-0.3, -0.25) is 14.8 Å². The molecule has 1 amide bonds. The third-order valence-electron chi connectivity index (χ3n) is 5.16. The molecule has 6 nitrogen and oxygen atoms in total. The van der Waals surface area contributed by atoms with Crippen molar-refractivity contribution in [2.24, 2.45) is 5.92 Å². The summed E-state index contributed by atoms with van der Waals surface area (Å²) < 4.78 is 5.42. The van der Waals surface area contributed by atoms with Gasteiger partial charge in [0, 0.05) is 12.2 Å². The number of rotatable bonds is 5. The zero-order chi connectivity index (χ0) is 16.4. The van der Waals surface area contributed by atoms with Gasteiger partial charge in [-0.25, -0.2) is 0 Å². The van der Waals surface area contributed by atoms with E-state index in [4.69, 9.17) is 4.42 Å². The minimum atomic E-state index is 0.0562. The second-order valence-corrected chi connectivity index (χ2v) is 6.85. The Kier molecular flexibility index (Phi) is 4.38. The number of hydrogen-bond donors (Lipinski definition) is 2. The van der Waals surface area contributed by atoms with Gasteiger partial charge in [0.1, 0.15) is 5.76 Å². The molecule has 0 spiro atoms. The zero-order valence-corrected chi connectivity index (χ0v) is 13.9. The molecule has 2 aliphatic rings. The first-order chi connectivity index (χ1) is 11.8. The van der Waals surface area contributed by atoms with E-state index in [1.165, 1.54) is 17.7 Å². The van der Waals surface area contributed by atoms with Gasteiger partial charge in [-0.1, -0.05) is 0 Å². The number of piperidine rings is 1. The molecule has 128 valence electrons. The molecule has 0 saturated carbocycles. The standard InChI is InChI=1S/C18H24N4O2/c23-18(19-10-17-15-6-1-7-16(15)20-21-17)13-4-2-8-22(11-13)12-14-5-3-9-24-14/h3,5,9,13H,1-2,4,6-8,10-12H2,(H,19,23)(H,20,21). The maximum atomic E-state index is 12.5. The van der Waals surface area contributed by atoms with Crippen LogP contribution in [0.2, 0.25) is 0 Å². The Bertz CT molecular complexity index is 692. The van der Waals surface area contributed by atoms with E-state index in [0.29, 0.717) is 6.54 Å². The first kappa shape index (κ1) is 15.4. The number of aryl methyl sites for hydroxylation is 1. The van der Waals surface area contributed by atoms with Crippen LogP contribution in [0.25, 0.3) is 0 Å². The topological polar surface area (TPSA) is 74.2 Å². The second-order valence-electron chi connectivity index (χ2n) is 6.85. The monoisotopic (exact) mass is 328 g/mol. The molecule has 1 aliphatic heterocycles. The lowest BCUT2D eigenvalue weighted by Gasteiger charge is -2.31. The average Bonchev–Trinajstić information content (AvgIpc) is 3.31. The molecule has 2 aromatic heterocycles. The van der Waals surface area contributed by atoms with Gasteiger partial charge in [-0.05, 0) is 56.3 Å². The molecule has 6 heteroatoms. The van der Waals surface area contributed by atoms with Gasteiger partial charge in [-0.15, -0.1) is 0 Å². The number of aromatic amines is 1. The molecule has 1 atom stereocenters. The predicted octanol–water partition coefficient (Wildman–Crippen LogP) is 2.02. The summed E-state index contributed by atoms with van der Waals surface area (Å²) in [5.74, 6) is 1.16. The highest BCUT2D eigenvalue weighted by Gasteiger charge is 2.26. The molecule has 1 fully saturated rings. The lowest BCUT2D eigenvalue weighted by atomic mass is 9.97. The minimum absolute atomic E-state index is 0.0562. The van der Waals surface area contributed by atoms with Crippen LogP contribution in [0.3, 0.4) is 0 Å². The molecular formula is C18H24N4O2. The van der Waals surface area contributed by atoms with Gasteiger partial charge >= 0.3 is 0 Å². The number of hydrogen-bond acceptors (Lipinski definition) is 4. The van der Waals surface area contributed by atoms with Gasteiger partial charge in [0.25, 0.3) is 0 Å². The first-order valence-electron chi connectivity index (χ1n) is 8.87. The predicted molar refractivity (Wildman–Crippen MR) is 89.2 cm³/mol. The Morgan fingerprint density at radius 3 is 3.25 bits per heavy atom. The Morgan fingerprint density at radius 1 is 1.42 bits per heavy atom. The SMILES string of the molecule is O=C(NCc1n[nH]c2c1CCC2)C1CCCN(Cc2ccco2)C1. The molecule has 24 heavy (non-hydrogen) atoms. The number of nitrogens with one attached hydrogen (secondary N) is 2. The minimum Gasteiger partial charge on any atom is -0.468 e. The number of aromatic nitrogens is 2. The largest absolute Gasteiger partial charge is 0.468 e. The van der Waals surface area contributed by atoms with E-state index >= 15 is 0 Å². The van der Waals surface area contributed by atoms with Crippen LogP contribution in [0.5, 0.6) is 0 Å². The highest BCUT2D eigenvalue weighted by atomic mass is 16.3. The molecule has 3 heterocycles. The summed E-state index contributed by atoms with van der Waals surface area (Å²) in [4.78, 5) is 14.8. The van der Waals surface area contributed by atoms with E-state index in [1.807, 2.05) is 12.1 Å². The van der Waals surface area contributed by atoms with Gasteiger partial charge in [0.15, 0.2) is 0 Å². The number of fused-ring (bicyclic) bond motifs is 1. The summed E-state index contributed by atoms with van der Waals surface area (Å²) >= 11 is 0. The van der Waals surface area contributed by atoms with E-state index in [2.05, 4.69) is 20.4 Å². The van der Waals surface area contributed by atoms with Crippen LogP contribution in [-0.4, -0.2) is 34.1 Å². The molecule has 1 unspecified atom stereocenters. The number of furan rings is 1. The Hall–Kier alpha value is -2.08. The van der Waals surface area contributed by atoms with Crippen LogP contribution in [0, 0.1) is 5.92 Å². The second kappa shape index (κ2) is 6.81. The molecular weight excluding hydrogens is 304 g/mol. The smallest absolute Gasteiger partial charge is 0.224 e. The Labute approximate surface area is 141 Å². The summed E-state index contributed by atoms with van der Waals surface area (Å²) in [5.41, 5.74) is 3.58. The summed E-state index contributed by atoms with van der Waals surface area (Å²) in [6, 6.07) is 3.90. The van der Waals surface area contributed by atoms with Crippen LogP contribution in [0.15, 0.2) is 22.8 Å². The fourth-order valence-corrected chi connectivity index (χ4v) is 3.89. The van der Waals surface area contributed by atoms with Crippen molar-refractivity contribution < 1.29 is 9.21 Å². The van der Waals surface area contributed by atoms with Crippen molar-refractivity contribution in [3.8, 4) is 0 Å². The Balaban J connectivity index is 1.30. The van der Waals surface area contributed by atoms with Crippen LogP contribution >= 0.6 is 0 Å². The normalized spacial score (nSPS) is 20.9. The van der Waals surface area contributed by atoms with Crippen molar-refractivity contribution in [1.82, 2.24) is 20.4 Å². The molecule has 0 bridgehead atoms. The fraction of sp³-hybridized carbons (Fsp3) is 0.556.